The van der Waals surface area contributed by atoms with Gasteiger partial charge in [0.05, 0.1) is 24.2 Å². The zero-order valence-corrected chi connectivity index (χ0v) is 15.7. The molecule has 7 heteroatoms. The summed E-state index contributed by atoms with van der Waals surface area (Å²) in [6.45, 7) is 0.523. The van der Waals surface area contributed by atoms with Gasteiger partial charge in [-0.2, -0.15) is 0 Å². The molecule has 0 spiro atoms. The average molecular weight is 394 g/mol. The Morgan fingerprint density at radius 3 is 2.81 bits per heavy atom. The zero-order chi connectivity index (χ0) is 18.6. The summed E-state index contributed by atoms with van der Waals surface area (Å²) in [7, 11) is -3.39. The van der Waals surface area contributed by atoms with Gasteiger partial charge in [-0.1, -0.05) is 41.9 Å². The average Bonchev–Trinajstić information content (AvgIpc) is 2.60. The van der Waals surface area contributed by atoms with Crippen LogP contribution >= 0.6 is 11.6 Å². The molecule has 1 amide bonds. The van der Waals surface area contributed by atoms with Crippen LogP contribution in [-0.4, -0.2) is 26.7 Å². The van der Waals surface area contributed by atoms with Crippen LogP contribution in [0.2, 0.25) is 5.02 Å². The molecule has 0 fully saturated rings. The molecular weight excluding hydrogens is 374 g/mol. The normalized spacial score (nSPS) is 16.4. The van der Waals surface area contributed by atoms with E-state index >= 15 is 0 Å². The van der Waals surface area contributed by atoms with Crippen LogP contribution in [-0.2, 0) is 20.4 Å². The second-order valence-corrected chi connectivity index (χ2v) is 8.89. The fourth-order valence-corrected chi connectivity index (χ4v) is 4.50. The van der Waals surface area contributed by atoms with Gasteiger partial charge in [0.1, 0.15) is 5.75 Å². The first-order valence-electron chi connectivity index (χ1n) is 8.39. The van der Waals surface area contributed by atoms with Crippen LogP contribution in [0.1, 0.15) is 30.0 Å². The summed E-state index contributed by atoms with van der Waals surface area (Å²) in [5, 5.41) is 3.41. The van der Waals surface area contributed by atoms with E-state index in [4.69, 9.17) is 16.3 Å². The summed E-state index contributed by atoms with van der Waals surface area (Å²) in [6, 6.07) is 14.1. The highest BCUT2D eigenvalue weighted by molar-refractivity contribution is 7.90. The Balaban J connectivity index is 1.56. The van der Waals surface area contributed by atoms with Crippen molar-refractivity contribution in [2.45, 2.75) is 24.6 Å². The van der Waals surface area contributed by atoms with Crippen LogP contribution in [0.25, 0.3) is 0 Å². The third-order valence-corrected chi connectivity index (χ3v) is 6.04. The predicted octanol–water partition coefficient (Wildman–Crippen LogP) is 3.28. The Hall–Kier alpha value is -2.05. The Bertz CT molecular complexity index is 898. The minimum atomic E-state index is -3.39. The second kappa shape index (κ2) is 8.10. The molecule has 0 bridgehead atoms. The van der Waals surface area contributed by atoms with Gasteiger partial charge < -0.3 is 10.1 Å². The van der Waals surface area contributed by atoms with E-state index in [1.165, 1.54) is 0 Å². The lowest BCUT2D eigenvalue weighted by atomic mass is 10.0. The number of benzene rings is 2. The first kappa shape index (κ1) is 18.7. The number of nitrogens with one attached hydrogen (secondary N) is 1. The summed E-state index contributed by atoms with van der Waals surface area (Å²) in [4.78, 5) is 12.2. The summed E-state index contributed by atoms with van der Waals surface area (Å²) in [5.74, 6) is 0.163. The van der Waals surface area contributed by atoms with Gasteiger partial charge in [0.25, 0.3) is 0 Å². The Labute approximate surface area is 158 Å². The van der Waals surface area contributed by atoms with Gasteiger partial charge in [0.15, 0.2) is 9.84 Å². The van der Waals surface area contributed by atoms with Crippen LogP contribution in [0.15, 0.2) is 48.5 Å². The van der Waals surface area contributed by atoms with Crippen molar-refractivity contribution in [3.05, 3.63) is 64.7 Å². The summed E-state index contributed by atoms with van der Waals surface area (Å²) >= 11 is 5.88. The lowest BCUT2D eigenvalue weighted by Gasteiger charge is -2.26. The molecule has 138 valence electrons. The molecule has 0 unspecified atom stereocenters. The minimum absolute atomic E-state index is 0.0670. The molecule has 1 atom stereocenters. The third-order valence-electron chi connectivity index (χ3n) is 4.21. The first-order valence-corrected chi connectivity index (χ1v) is 10.6. The van der Waals surface area contributed by atoms with E-state index < -0.39 is 9.84 Å². The molecule has 0 aliphatic carbocycles. The topological polar surface area (TPSA) is 72.5 Å². The summed E-state index contributed by atoms with van der Waals surface area (Å²) in [6.07, 6.45) is 0.598. The highest BCUT2D eigenvalue weighted by Crippen LogP contribution is 2.31. The number of carbonyl (C=O) groups excluding carboxylic acids is 1. The smallest absolute Gasteiger partial charge is 0.221 e. The van der Waals surface area contributed by atoms with Crippen molar-refractivity contribution >= 4 is 27.3 Å². The van der Waals surface area contributed by atoms with E-state index in [1.54, 1.807) is 24.3 Å². The van der Waals surface area contributed by atoms with Crippen molar-refractivity contribution in [1.29, 1.82) is 0 Å². The van der Waals surface area contributed by atoms with Gasteiger partial charge in [-0.05, 0) is 23.8 Å². The van der Waals surface area contributed by atoms with E-state index in [-0.39, 0.29) is 29.9 Å². The SMILES string of the molecule is O=C(CCS(=O)(=O)Cc1cccc(Cl)c1)N[C@H]1CCOc2ccccc21. The number of carbonyl (C=O) groups is 1. The zero-order valence-electron chi connectivity index (χ0n) is 14.2. The van der Waals surface area contributed by atoms with E-state index in [2.05, 4.69) is 5.32 Å². The maximum Gasteiger partial charge on any atom is 0.221 e. The molecule has 0 radical (unpaired) electrons. The van der Waals surface area contributed by atoms with Crippen molar-refractivity contribution in [1.82, 2.24) is 5.32 Å². The van der Waals surface area contributed by atoms with Crippen molar-refractivity contribution in [2.24, 2.45) is 0 Å². The van der Waals surface area contributed by atoms with Gasteiger partial charge in [0.2, 0.25) is 5.91 Å². The maximum atomic E-state index is 12.3. The Morgan fingerprint density at radius 1 is 1.19 bits per heavy atom. The molecule has 3 rings (SSSR count). The van der Waals surface area contributed by atoms with Crippen molar-refractivity contribution in [2.75, 3.05) is 12.4 Å². The minimum Gasteiger partial charge on any atom is -0.493 e. The van der Waals surface area contributed by atoms with Crippen LogP contribution < -0.4 is 10.1 Å². The van der Waals surface area contributed by atoms with E-state index in [1.807, 2.05) is 24.3 Å². The molecule has 0 saturated carbocycles. The van der Waals surface area contributed by atoms with Crippen molar-refractivity contribution in [3.63, 3.8) is 0 Å². The number of hydrogen-bond acceptors (Lipinski definition) is 4. The fourth-order valence-electron chi connectivity index (χ4n) is 2.96. The van der Waals surface area contributed by atoms with Gasteiger partial charge in [0, 0.05) is 23.4 Å². The molecule has 1 aliphatic rings. The summed E-state index contributed by atoms with van der Waals surface area (Å²) < 4.78 is 30.1. The van der Waals surface area contributed by atoms with E-state index in [9.17, 15) is 13.2 Å². The number of sulfone groups is 1. The number of fused-ring (bicyclic) bond motifs is 1. The maximum absolute atomic E-state index is 12.3. The van der Waals surface area contributed by atoms with Gasteiger partial charge in [-0.25, -0.2) is 8.42 Å². The number of amides is 1. The lowest BCUT2D eigenvalue weighted by Crippen LogP contribution is -2.33. The highest BCUT2D eigenvalue weighted by Gasteiger charge is 2.23. The standard InChI is InChI=1S/C19H20ClNO4S/c20-15-5-3-4-14(12-15)13-26(23,24)11-9-19(22)21-17-8-10-25-18-7-2-1-6-16(17)18/h1-7,12,17H,8-11,13H2,(H,21,22)/t17-/m0/s1. The number of ether oxygens (including phenoxy) is 1. The molecule has 0 aromatic heterocycles. The number of para-hydroxylation sites is 1. The molecular formula is C19H20ClNO4S. The van der Waals surface area contributed by atoms with E-state index in [0.717, 1.165) is 11.3 Å². The molecule has 2 aromatic carbocycles. The Kier molecular flexibility index (Phi) is 5.84. The molecule has 1 N–H and O–H groups in total. The Morgan fingerprint density at radius 2 is 2.00 bits per heavy atom. The largest absolute Gasteiger partial charge is 0.493 e. The van der Waals surface area contributed by atoms with Crippen LogP contribution in [0, 0.1) is 0 Å². The second-order valence-electron chi connectivity index (χ2n) is 6.27. The number of hydrogen-bond donors (Lipinski definition) is 1. The quantitative estimate of drug-likeness (QED) is 0.817. The lowest BCUT2D eigenvalue weighted by molar-refractivity contribution is -0.121. The fraction of sp³-hybridized carbons (Fsp3) is 0.316. The summed E-state index contributed by atoms with van der Waals surface area (Å²) in [5.41, 5.74) is 1.55. The monoisotopic (exact) mass is 393 g/mol. The first-order chi connectivity index (χ1) is 12.4. The number of rotatable bonds is 6. The van der Waals surface area contributed by atoms with Crippen molar-refractivity contribution < 1.29 is 17.9 Å². The molecule has 5 nitrogen and oxygen atoms in total. The highest BCUT2D eigenvalue weighted by atomic mass is 35.5. The molecule has 0 saturated heterocycles. The molecule has 1 heterocycles. The van der Waals surface area contributed by atoms with Crippen LogP contribution in [0.5, 0.6) is 5.75 Å². The third kappa shape index (κ3) is 4.99. The van der Waals surface area contributed by atoms with Crippen molar-refractivity contribution in [3.8, 4) is 5.75 Å². The molecule has 26 heavy (non-hydrogen) atoms. The predicted molar refractivity (Wildman–Crippen MR) is 101 cm³/mol. The van der Waals surface area contributed by atoms with Crippen LogP contribution in [0.3, 0.4) is 0 Å². The molecule has 2 aromatic rings. The van der Waals surface area contributed by atoms with E-state index in [0.29, 0.717) is 23.6 Å². The van der Waals surface area contributed by atoms with Crippen LogP contribution in [0.4, 0.5) is 0 Å². The number of halogens is 1. The molecule has 1 aliphatic heterocycles. The van der Waals surface area contributed by atoms with Gasteiger partial charge >= 0.3 is 0 Å². The van der Waals surface area contributed by atoms with Gasteiger partial charge in [-0.3, -0.25) is 4.79 Å². The van der Waals surface area contributed by atoms with Gasteiger partial charge in [-0.15, -0.1) is 0 Å².